The molecule has 0 N–H and O–H groups in total. The van der Waals surface area contributed by atoms with E-state index in [9.17, 15) is 0 Å². The van der Waals surface area contributed by atoms with E-state index in [1.54, 1.807) is 13.7 Å². The second-order valence-electron chi connectivity index (χ2n) is 4.07. The zero-order chi connectivity index (χ0) is 9.78. The molecule has 0 saturated carbocycles. The lowest BCUT2D eigenvalue weighted by Gasteiger charge is -2.27. The van der Waals surface area contributed by atoms with Crippen LogP contribution >= 0.6 is 0 Å². The number of hydrogen-bond donors (Lipinski definition) is 0. The Morgan fingerprint density at radius 3 is 2.00 bits per heavy atom. The van der Waals surface area contributed by atoms with Gasteiger partial charge in [-0.3, -0.25) is 0 Å². The van der Waals surface area contributed by atoms with Crippen LogP contribution in [0, 0.1) is 6.61 Å². The van der Waals surface area contributed by atoms with Gasteiger partial charge in [0.2, 0.25) is 0 Å². The van der Waals surface area contributed by atoms with Gasteiger partial charge in [0, 0.05) is 21.2 Å². The van der Waals surface area contributed by atoms with Crippen LogP contribution < -0.4 is 0 Å². The Balaban J connectivity index is 4.44. The molecule has 0 spiro atoms. The fourth-order valence-electron chi connectivity index (χ4n) is 1.20. The molecule has 0 atom stereocenters. The summed E-state index contributed by atoms with van der Waals surface area (Å²) in [5, 5.41) is 1.39. The Bertz CT molecular complexity index is 158. The van der Waals surface area contributed by atoms with Crippen molar-refractivity contribution in [3.8, 4) is 0 Å². The van der Waals surface area contributed by atoms with Gasteiger partial charge in [-0.1, -0.05) is 19.6 Å². The molecule has 0 bridgehead atoms. The van der Waals surface area contributed by atoms with E-state index in [0.717, 1.165) is 0 Å². The summed E-state index contributed by atoms with van der Waals surface area (Å²) in [6.45, 7) is 8.71. The van der Waals surface area contributed by atoms with Crippen LogP contribution in [0.15, 0.2) is 11.4 Å². The normalized spacial score (nSPS) is 13.3. The summed E-state index contributed by atoms with van der Waals surface area (Å²) in [6, 6.07) is 0. The fourth-order valence-corrected chi connectivity index (χ4v) is 3.11. The Morgan fingerprint density at radius 1 is 1.25 bits per heavy atom. The third-order valence-corrected chi connectivity index (χ3v) is 3.76. The van der Waals surface area contributed by atoms with Crippen LogP contribution in [-0.2, 0) is 4.74 Å². The summed E-state index contributed by atoms with van der Waals surface area (Å²) >= 11 is 0. The van der Waals surface area contributed by atoms with Crippen LogP contribution in [0.3, 0.4) is 0 Å². The van der Waals surface area contributed by atoms with Crippen molar-refractivity contribution < 1.29 is 4.74 Å². The SMILES string of the molecule is CO[CH]/C=C(/N(C)C)[Si](C)(C)C. The predicted octanol–water partition coefficient (Wildman–Crippen LogP) is 2.12. The van der Waals surface area contributed by atoms with E-state index in [2.05, 4.69) is 44.7 Å². The molecule has 0 heterocycles. The first kappa shape index (κ1) is 11.7. The zero-order valence-corrected chi connectivity index (χ0v) is 10.0. The molecule has 0 aromatic rings. The fraction of sp³-hybridized carbons (Fsp3) is 0.667. The average Bonchev–Trinajstić information content (AvgIpc) is 1.84. The summed E-state index contributed by atoms with van der Waals surface area (Å²) in [5.41, 5.74) is 0. The molecular weight excluding hydrogens is 166 g/mol. The van der Waals surface area contributed by atoms with Gasteiger partial charge in [-0.15, -0.1) is 0 Å². The molecule has 0 aromatic heterocycles. The van der Waals surface area contributed by atoms with Gasteiger partial charge in [-0.2, -0.15) is 0 Å². The quantitative estimate of drug-likeness (QED) is 0.624. The van der Waals surface area contributed by atoms with Crippen molar-refractivity contribution in [2.75, 3.05) is 21.2 Å². The number of ether oxygens (including phenoxy) is 1. The third kappa shape index (κ3) is 3.92. The lowest BCUT2D eigenvalue weighted by atomic mass is 10.6. The van der Waals surface area contributed by atoms with E-state index < -0.39 is 8.07 Å². The van der Waals surface area contributed by atoms with E-state index in [0.29, 0.717) is 0 Å². The minimum atomic E-state index is -1.21. The molecule has 12 heavy (non-hydrogen) atoms. The summed E-state index contributed by atoms with van der Waals surface area (Å²) in [7, 11) is 4.62. The number of rotatable bonds is 4. The molecule has 0 aliphatic carbocycles. The van der Waals surface area contributed by atoms with Crippen LogP contribution in [-0.4, -0.2) is 34.2 Å². The standard InChI is InChI=1S/C9H20NOSi/c1-10(2)9(7-8-11-3)12(4,5)6/h7-8H,1-6H3/b9-7-. The summed E-state index contributed by atoms with van der Waals surface area (Å²) in [4.78, 5) is 2.17. The molecule has 2 nitrogen and oxygen atoms in total. The predicted molar refractivity (Wildman–Crippen MR) is 56.4 cm³/mol. The molecule has 0 aliphatic rings. The van der Waals surface area contributed by atoms with Crippen molar-refractivity contribution in [3.63, 3.8) is 0 Å². The minimum absolute atomic E-state index is 1.21. The van der Waals surface area contributed by atoms with E-state index in [4.69, 9.17) is 4.74 Å². The second kappa shape index (κ2) is 4.67. The van der Waals surface area contributed by atoms with Crippen molar-refractivity contribution >= 4 is 8.07 Å². The molecule has 0 saturated heterocycles. The van der Waals surface area contributed by atoms with Gasteiger partial charge in [0.1, 0.15) is 6.61 Å². The van der Waals surface area contributed by atoms with Crippen LogP contribution in [0.4, 0.5) is 0 Å². The highest BCUT2D eigenvalue weighted by atomic mass is 28.3. The highest BCUT2D eigenvalue weighted by Crippen LogP contribution is 2.16. The molecule has 3 heteroatoms. The van der Waals surface area contributed by atoms with Gasteiger partial charge in [0.25, 0.3) is 0 Å². The van der Waals surface area contributed by atoms with E-state index in [-0.39, 0.29) is 0 Å². The van der Waals surface area contributed by atoms with E-state index in [1.165, 1.54) is 5.32 Å². The average molecular weight is 186 g/mol. The summed E-state index contributed by atoms with van der Waals surface area (Å²) in [5.74, 6) is 0. The Labute approximate surface area is 77.2 Å². The Morgan fingerprint density at radius 2 is 1.75 bits per heavy atom. The molecule has 0 fully saturated rings. The van der Waals surface area contributed by atoms with Crippen LogP contribution in [0.2, 0.25) is 19.6 Å². The molecular formula is C9H20NOSi. The molecule has 0 amide bonds. The summed E-state index contributed by atoms with van der Waals surface area (Å²) in [6.07, 6.45) is 2.06. The van der Waals surface area contributed by atoms with Crippen molar-refractivity contribution in [2.45, 2.75) is 19.6 Å². The molecule has 0 aromatic carbocycles. The summed E-state index contributed by atoms with van der Waals surface area (Å²) < 4.78 is 4.91. The van der Waals surface area contributed by atoms with Gasteiger partial charge >= 0.3 is 0 Å². The van der Waals surface area contributed by atoms with Gasteiger partial charge in [-0.25, -0.2) is 0 Å². The molecule has 0 aliphatic heterocycles. The van der Waals surface area contributed by atoms with Crippen molar-refractivity contribution in [1.82, 2.24) is 4.90 Å². The van der Waals surface area contributed by atoms with Crippen molar-refractivity contribution in [1.29, 1.82) is 0 Å². The topological polar surface area (TPSA) is 12.5 Å². The van der Waals surface area contributed by atoms with E-state index >= 15 is 0 Å². The number of methoxy groups -OCH3 is 1. The first-order valence-electron chi connectivity index (χ1n) is 4.13. The number of hydrogen-bond acceptors (Lipinski definition) is 2. The van der Waals surface area contributed by atoms with Gasteiger partial charge in [-0.05, 0) is 11.4 Å². The first-order valence-corrected chi connectivity index (χ1v) is 7.63. The largest absolute Gasteiger partial charge is 0.385 e. The maximum Gasteiger partial charge on any atom is 0.107 e. The highest BCUT2D eigenvalue weighted by molar-refractivity contribution is 6.82. The van der Waals surface area contributed by atoms with Crippen molar-refractivity contribution in [2.24, 2.45) is 0 Å². The monoisotopic (exact) mass is 186 g/mol. The highest BCUT2D eigenvalue weighted by Gasteiger charge is 2.20. The van der Waals surface area contributed by atoms with Crippen LogP contribution in [0.5, 0.6) is 0 Å². The molecule has 0 rings (SSSR count). The maximum atomic E-state index is 4.91. The van der Waals surface area contributed by atoms with Gasteiger partial charge < -0.3 is 9.64 Å². The first-order chi connectivity index (χ1) is 5.39. The Kier molecular flexibility index (Phi) is 4.56. The Hall–Kier alpha value is -0.283. The van der Waals surface area contributed by atoms with Crippen LogP contribution in [0.1, 0.15) is 0 Å². The smallest absolute Gasteiger partial charge is 0.107 e. The van der Waals surface area contributed by atoms with Crippen molar-refractivity contribution in [3.05, 3.63) is 18.0 Å². The second-order valence-corrected chi connectivity index (χ2v) is 9.08. The maximum absolute atomic E-state index is 4.91. The zero-order valence-electron chi connectivity index (χ0n) is 9.01. The van der Waals surface area contributed by atoms with Gasteiger partial charge in [0.05, 0.1) is 8.07 Å². The third-order valence-electron chi connectivity index (χ3n) is 1.61. The van der Waals surface area contributed by atoms with E-state index in [1.807, 2.05) is 0 Å². The van der Waals surface area contributed by atoms with Gasteiger partial charge in [0.15, 0.2) is 0 Å². The molecule has 1 radical (unpaired) electrons. The van der Waals surface area contributed by atoms with Crippen LogP contribution in [0.25, 0.3) is 0 Å². The minimum Gasteiger partial charge on any atom is -0.385 e. The molecule has 71 valence electrons. The lowest BCUT2D eigenvalue weighted by molar-refractivity contribution is 0.295. The lowest BCUT2D eigenvalue weighted by Crippen LogP contribution is -2.33. The number of nitrogens with zero attached hydrogens (tertiary/aromatic N) is 1. The molecule has 0 unspecified atom stereocenters.